The zero-order chi connectivity index (χ0) is 15.9. The van der Waals surface area contributed by atoms with Gasteiger partial charge >= 0.3 is 12.1 Å². The molecule has 0 bridgehead atoms. The molecule has 0 saturated heterocycles. The molecule has 0 spiro atoms. The van der Waals surface area contributed by atoms with Crippen LogP contribution >= 0.6 is 0 Å². The van der Waals surface area contributed by atoms with E-state index < -0.39 is 17.6 Å². The standard InChI is InChI=1S/C14H28N2O4/c1-7-11(12(17)18)15-8-9-16(10(2)3)13(19)20-14(4,5)6/h10-11,15H,7-9H2,1-6H3,(H,17,18). The molecule has 2 N–H and O–H groups in total. The molecule has 0 aromatic rings. The summed E-state index contributed by atoms with van der Waals surface area (Å²) in [6.45, 7) is 11.9. The Bertz CT molecular complexity index is 324. The fraction of sp³-hybridized carbons (Fsp3) is 0.857. The fourth-order valence-electron chi connectivity index (χ4n) is 1.65. The lowest BCUT2D eigenvalue weighted by Crippen LogP contribution is -2.46. The van der Waals surface area contributed by atoms with E-state index in [1.165, 1.54) is 0 Å². The number of hydrogen-bond donors (Lipinski definition) is 2. The molecule has 118 valence electrons. The van der Waals surface area contributed by atoms with E-state index in [0.717, 1.165) is 0 Å². The summed E-state index contributed by atoms with van der Waals surface area (Å²) >= 11 is 0. The zero-order valence-corrected chi connectivity index (χ0v) is 13.4. The number of ether oxygens (including phenoxy) is 1. The van der Waals surface area contributed by atoms with Crippen molar-refractivity contribution >= 4 is 12.1 Å². The highest BCUT2D eigenvalue weighted by atomic mass is 16.6. The predicted molar refractivity (Wildman–Crippen MR) is 77.8 cm³/mol. The minimum absolute atomic E-state index is 0.00319. The maximum atomic E-state index is 12.0. The highest BCUT2D eigenvalue weighted by molar-refractivity contribution is 5.73. The van der Waals surface area contributed by atoms with Crippen molar-refractivity contribution in [2.75, 3.05) is 13.1 Å². The van der Waals surface area contributed by atoms with Gasteiger partial charge in [-0.25, -0.2) is 4.79 Å². The minimum atomic E-state index is -0.874. The van der Waals surface area contributed by atoms with Crippen molar-refractivity contribution in [1.29, 1.82) is 0 Å². The summed E-state index contributed by atoms with van der Waals surface area (Å²) < 4.78 is 5.34. The Hall–Kier alpha value is -1.30. The van der Waals surface area contributed by atoms with Gasteiger partial charge in [-0.2, -0.15) is 0 Å². The molecule has 1 amide bonds. The minimum Gasteiger partial charge on any atom is -0.480 e. The van der Waals surface area contributed by atoms with Crippen LogP contribution in [0.1, 0.15) is 48.0 Å². The van der Waals surface area contributed by atoms with Crippen LogP contribution in [0, 0.1) is 0 Å². The SMILES string of the molecule is CCC(NCCN(C(=O)OC(C)(C)C)C(C)C)C(=O)O. The van der Waals surface area contributed by atoms with E-state index in [-0.39, 0.29) is 12.1 Å². The molecule has 0 radical (unpaired) electrons. The fourth-order valence-corrected chi connectivity index (χ4v) is 1.65. The van der Waals surface area contributed by atoms with E-state index in [0.29, 0.717) is 19.5 Å². The Kier molecular flexibility index (Phi) is 7.57. The second-order valence-corrected chi connectivity index (χ2v) is 6.02. The van der Waals surface area contributed by atoms with E-state index >= 15 is 0 Å². The molecule has 6 heteroatoms. The van der Waals surface area contributed by atoms with Crippen LogP contribution in [0.3, 0.4) is 0 Å². The van der Waals surface area contributed by atoms with E-state index in [4.69, 9.17) is 9.84 Å². The van der Waals surface area contributed by atoms with Crippen molar-refractivity contribution in [1.82, 2.24) is 10.2 Å². The summed E-state index contributed by atoms with van der Waals surface area (Å²) in [6, 6.07) is -0.584. The summed E-state index contributed by atoms with van der Waals surface area (Å²) in [4.78, 5) is 24.5. The van der Waals surface area contributed by atoms with Gasteiger partial charge in [0, 0.05) is 19.1 Å². The van der Waals surface area contributed by atoms with Crippen molar-refractivity contribution in [3.63, 3.8) is 0 Å². The normalized spacial score (nSPS) is 13.2. The quantitative estimate of drug-likeness (QED) is 0.750. The molecule has 1 unspecified atom stereocenters. The van der Waals surface area contributed by atoms with Crippen molar-refractivity contribution < 1.29 is 19.4 Å². The highest BCUT2D eigenvalue weighted by Crippen LogP contribution is 2.11. The molecule has 0 heterocycles. The number of carboxylic acids is 1. The first kappa shape index (κ1) is 18.7. The van der Waals surface area contributed by atoms with Gasteiger partial charge in [0.2, 0.25) is 0 Å². The monoisotopic (exact) mass is 288 g/mol. The van der Waals surface area contributed by atoms with Crippen molar-refractivity contribution in [3.8, 4) is 0 Å². The second-order valence-electron chi connectivity index (χ2n) is 6.02. The van der Waals surface area contributed by atoms with E-state index in [1.54, 1.807) is 11.8 Å². The lowest BCUT2D eigenvalue weighted by molar-refractivity contribution is -0.139. The van der Waals surface area contributed by atoms with Crippen LogP contribution in [0.15, 0.2) is 0 Å². The first-order valence-corrected chi connectivity index (χ1v) is 7.04. The number of aliphatic carboxylic acids is 1. The molecule has 0 saturated carbocycles. The molecular formula is C14H28N2O4. The second kappa shape index (κ2) is 8.09. The summed E-state index contributed by atoms with van der Waals surface area (Å²) in [7, 11) is 0. The largest absolute Gasteiger partial charge is 0.480 e. The van der Waals surface area contributed by atoms with Crippen LogP contribution in [0.2, 0.25) is 0 Å². The number of carbonyl (C=O) groups is 2. The van der Waals surface area contributed by atoms with Crippen molar-refractivity contribution in [3.05, 3.63) is 0 Å². The molecule has 0 rings (SSSR count). The van der Waals surface area contributed by atoms with Crippen LogP contribution in [0.4, 0.5) is 4.79 Å². The molecule has 6 nitrogen and oxygen atoms in total. The molecule has 0 aliphatic carbocycles. The lowest BCUT2D eigenvalue weighted by Gasteiger charge is -2.30. The maximum Gasteiger partial charge on any atom is 0.410 e. The lowest BCUT2D eigenvalue weighted by atomic mass is 10.2. The third-order valence-electron chi connectivity index (χ3n) is 2.70. The molecular weight excluding hydrogens is 260 g/mol. The van der Waals surface area contributed by atoms with Gasteiger partial charge in [0.15, 0.2) is 0 Å². The number of nitrogens with one attached hydrogen (secondary N) is 1. The molecule has 1 atom stereocenters. The first-order chi connectivity index (χ1) is 9.08. The van der Waals surface area contributed by atoms with Crippen LogP contribution in [-0.4, -0.2) is 52.8 Å². The molecule has 20 heavy (non-hydrogen) atoms. The Balaban J connectivity index is 4.42. The number of nitrogens with zero attached hydrogens (tertiary/aromatic N) is 1. The van der Waals surface area contributed by atoms with Gasteiger partial charge in [-0.15, -0.1) is 0 Å². The molecule has 0 aromatic heterocycles. The van der Waals surface area contributed by atoms with Gasteiger partial charge in [0.05, 0.1) is 0 Å². The Labute approximate surface area is 121 Å². The maximum absolute atomic E-state index is 12.0. The number of rotatable bonds is 7. The van der Waals surface area contributed by atoms with Gasteiger partial charge in [0.1, 0.15) is 11.6 Å². The van der Waals surface area contributed by atoms with E-state index in [9.17, 15) is 9.59 Å². The van der Waals surface area contributed by atoms with Crippen molar-refractivity contribution in [2.45, 2.75) is 65.6 Å². The number of amides is 1. The summed E-state index contributed by atoms with van der Waals surface area (Å²) in [5.41, 5.74) is -0.537. The highest BCUT2D eigenvalue weighted by Gasteiger charge is 2.24. The van der Waals surface area contributed by atoms with Gasteiger partial charge in [0.25, 0.3) is 0 Å². The molecule has 0 fully saturated rings. The Morgan fingerprint density at radius 3 is 2.20 bits per heavy atom. The smallest absolute Gasteiger partial charge is 0.410 e. The third kappa shape index (κ3) is 7.33. The number of carbonyl (C=O) groups excluding carboxylic acids is 1. The summed E-state index contributed by atoms with van der Waals surface area (Å²) in [6.07, 6.45) is 0.126. The van der Waals surface area contributed by atoms with E-state index in [1.807, 2.05) is 34.6 Å². The molecule has 0 aromatic carbocycles. The van der Waals surface area contributed by atoms with Gasteiger partial charge in [-0.1, -0.05) is 6.92 Å². The van der Waals surface area contributed by atoms with E-state index in [2.05, 4.69) is 5.32 Å². The van der Waals surface area contributed by atoms with Crippen LogP contribution in [0.5, 0.6) is 0 Å². The van der Waals surface area contributed by atoms with Crippen LogP contribution in [0.25, 0.3) is 0 Å². The van der Waals surface area contributed by atoms with Gasteiger partial charge in [-0.05, 0) is 41.0 Å². The topological polar surface area (TPSA) is 78.9 Å². The average Bonchev–Trinajstić information content (AvgIpc) is 2.25. The Morgan fingerprint density at radius 1 is 1.30 bits per heavy atom. The van der Waals surface area contributed by atoms with Gasteiger partial charge < -0.3 is 20.1 Å². The van der Waals surface area contributed by atoms with Crippen molar-refractivity contribution in [2.24, 2.45) is 0 Å². The average molecular weight is 288 g/mol. The third-order valence-corrected chi connectivity index (χ3v) is 2.70. The summed E-state index contributed by atoms with van der Waals surface area (Å²) in [5.74, 6) is -0.874. The number of hydrogen-bond acceptors (Lipinski definition) is 4. The Morgan fingerprint density at radius 2 is 1.85 bits per heavy atom. The zero-order valence-electron chi connectivity index (χ0n) is 13.4. The van der Waals surface area contributed by atoms with Gasteiger partial charge in [-0.3, -0.25) is 4.79 Å². The predicted octanol–water partition coefficient (Wildman–Crippen LogP) is 2.08. The molecule has 0 aliphatic rings. The molecule has 0 aliphatic heterocycles. The first-order valence-electron chi connectivity index (χ1n) is 7.04. The number of carboxylic acid groups (broad SMARTS) is 1. The van der Waals surface area contributed by atoms with Crippen LogP contribution < -0.4 is 5.32 Å². The van der Waals surface area contributed by atoms with Crippen LogP contribution in [-0.2, 0) is 9.53 Å². The summed E-state index contributed by atoms with van der Waals surface area (Å²) in [5, 5.41) is 11.9.